The van der Waals surface area contributed by atoms with E-state index in [0.29, 0.717) is 42.5 Å². The van der Waals surface area contributed by atoms with Crippen LogP contribution in [0.4, 0.5) is 0 Å². The lowest BCUT2D eigenvalue weighted by Crippen LogP contribution is -2.51. The average Bonchev–Trinajstić information content (AvgIpc) is 3.36. The molecule has 1 saturated carbocycles. The summed E-state index contributed by atoms with van der Waals surface area (Å²) in [6.07, 6.45) is 9.20. The first kappa shape index (κ1) is 22.3. The molecule has 3 rings (SSSR count). The summed E-state index contributed by atoms with van der Waals surface area (Å²) in [5.74, 6) is -0.429. The summed E-state index contributed by atoms with van der Waals surface area (Å²) in [4.78, 5) is 45.9. The smallest absolute Gasteiger partial charge is 0.242 e. The Morgan fingerprint density at radius 3 is 2.70 bits per heavy atom. The van der Waals surface area contributed by atoms with E-state index in [1.165, 1.54) is 5.01 Å². The standard InChI is InChI=1S/C21H31N5O4/c1-15-11-22-12-18(23-15)10-20(28)19-7-8-24(2)26(19)21(29)17(13-25(30)14-27)9-16-5-3-4-6-16/h11-12,14,16-17,19,30H,3-10,13H2,1-2H3/t17-,19+/m1/s1. The van der Waals surface area contributed by atoms with E-state index < -0.39 is 12.0 Å². The van der Waals surface area contributed by atoms with Gasteiger partial charge in [-0.1, -0.05) is 25.7 Å². The summed E-state index contributed by atoms with van der Waals surface area (Å²) in [7, 11) is 1.79. The van der Waals surface area contributed by atoms with E-state index in [1.807, 2.05) is 6.92 Å². The maximum Gasteiger partial charge on any atom is 0.242 e. The fourth-order valence-corrected chi connectivity index (χ4v) is 4.65. The normalized spacial score (nSPS) is 21.0. The molecule has 0 bridgehead atoms. The molecule has 0 radical (unpaired) electrons. The number of hydrogen-bond donors (Lipinski definition) is 1. The van der Waals surface area contributed by atoms with Crippen molar-refractivity contribution in [3.63, 3.8) is 0 Å². The van der Waals surface area contributed by atoms with Gasteiger partial charge in [0.1, 0.15) is 6.04 Å². The van der Waals surface area contributed by atoms with E-state index in [4.69, 9.17) is 0 Å². The largest absolute Gasteiger partial charge is 0.297 e. The Morgan fingerprint density at radius 1 is 1.30 bits per heavy atom. The number of aromatic nitrogens is 2. The predicted octanol–water partition coefficient (Wildman–Crippen LogP) is 1.39. The summed E-state index contributed by atoms with van der Waals surface area (Å²) in [6.45, 7) is 2.35. The molecular weight excluding hydrogens is 386 g/mol. The fraction of sp³-hybridized carbons (Fsp3) is 0.667. The van der Waals surface area contributed by atoms with Gasteiger partial charge >= 0.3 is 0 Å². The first-order valence-corrected chi connectivity index (χ1v) is 10.6. The summed E-state index contributed by atoms with van der Waals surface area (Å²) >= 11 is 0. The van der Waals surface area contributed by atoms with Crippen LogP contribution in [-0.2, 0) is 20.8 Å². The third-order valence-corrected chi connectivity index (χ3v) is 6.12. The molecule has 1 aromatic rings. The molecule has 1 aliphatic heterocycles. The van der Waals surface area contributed by atoms with E-state index in [2.05, 4.69) is 9.97 Å². The number of hydrazine groups is 1. The van der Waals surface area contributed by atoms with Gasteiger partial charge < -0.3 is 0 Å². The molecule has 2 amide bonds. The SMILES string of the molecule is Cc1cncc(CC(=O)[C@@H]2CCN(C)N2C(=O)[C@H](CC2CCCC2)CN(O)C=O)n1. The molecule has 2 aliphatic rings. The van der Waals surface area contributed by atoms with Gasteiger partial charge in [-0.25, -0.2) is 10.1 Å². The van der Waals surface area contributed by atoms with Gasteiger partial charge in [-0.15, -0.1) is 0 Å². The second-order valence-corrected chi connectivity index (χ2v) is 8.47. The van der Waals surface area contributed by atoms with Gasteiger partial charge in [0.25, 0.3) is 0 Å². The van der Waals surface area contributed by atoms with Crippen molar-refractivity contribution >= 4 is 18.1 Å². The Morgan fingerprint density at radius 2 is 2.03 bits per heavy atom. The van der Waals surface area contributed by atoms with Gasteiger partial charge in [0.05, 0.1) is 30.3 Å². The lowest BCUT2D eigenvalue weighted by atomic mass is 9.91. The number of carbonyl (C=O) groups excluding carboxylic acids is 3. The average molecular weight is 418 g/mol. The number of aryl methyl sites for hydroxylation is 1. The number of rotatable bonds is 9. The molecule has 2 atom stereocenters. The third kappa shape index (κ3) is 5.40. The Hall–Kier alpha value is -2.39. The molecule has 9 heteroatoms. The topological polar surface area (TPSA) is 107 Å². The second-order valence-electron chi connectivity index (χ2n) is 8.47. The van der Waals surface area contributed by atoms with Crippen LogP contribution in [0.25, 0.3) is 0 Å². The van der Waals surface area contributed by atoms with Crippen LogP contribution in [-0.4, -0.2) is 74.5 Å². The van der Waals surface area contributed by atoms with E-state index in [9.17, 15) is 19.6 Å². The third-order valence-electron chi connectivity index (χ3n) is 6.12. The summed E-state index contributed by atoms with van der Waals surface area (Å²) in [5.41, 5.74) is 1.33. The van der Waals surface area contributed by atoms with Crippen molar-refractivity contribution in [1.29, 1.82) is 0 Å². The highest BCUT2D eigenvalue weighted by molar-refractivity contribution is 5.91. The highest BCUT2D eigenvalue weighted by Crippen LogP contribution is 2.32. The summed E-state index contributed by atoms with van der Waals surface area (Å²) in [5, 5.41) is 13.6. The molecule has 2 fully saturated rings. The quantitative estimate of drug-likeness (QED) is 0.367. The Labute approximate surface area is 177 Å². The van der Waals surface area contributed by atoms with E-state index in [-0.39, 0.29) is 24.7 Å². The zero-order valence-corrected chi connectivity index (χ0v) is 17.7. The van der Waals surface area contributed by atoms with E-state index in [0.717, 1.165) is 31.4 Å². The van der Waals surface area contributed by atoms with Crippen LogP contribution in [0.2, 0.25) is 0 Å². The maximum atomic E-state index is 13.5. The number of ketones is 1. The molecule has 1 N–H and O–H groups in total. The summed E-state index contributed by atoms with van der Waals surface area (Å²) in [6, 6.07) is -0.570. The second kappa shape index (κ2) is 10.1. The minimum absolute atomic E-state index is 0.0621. The highest BCUT2D eigenvalue weighted by atomic mass is 16.5. The fourth-order valence-electron chi connectivity index (χ4n) is 4.65. The monoisotopic (exact) mass is 417 g/mol. The zero-order valence-electron chi connectivity index (χ0n) is 17.7. The van der Waals surface area contributed by atoms with Gasteiger partial charge in [-0.2, -0.15) is 0 Å². The molecule has 0 unspecified atom stereocenters. The Kier molecular flexibility index (Phi) is 7.49. The van der Waals surface area contributed by atoms with E-state index >= 15 is 0 Å². The number of hydrogen-bond acceptors (Lipinski definition) is 7. The van der Waals surface area contributed by atoms with Gasteiger partial charge in [0.15, 0.2) is 5.78 Å². The Balaban J connectivity index is 1.74. The molecule has 0 aromatic carbocycles. The van der Waals surface area contributed by atoms with Crippen molar-refractivity contribution in [3.05, 3.63) is 23.8 Å². The summed E-state index contributed by atoms with van der Waals surface area (Å²) < 4.78 is 0. The highest BCUT2D eigenvalue weighted by Gasteiger charge is 2.41. The minimum Gasteiger partial charge on any atom is -0.297 e. The molecular formula is C21H31N5O4. The van der Waals surface area contributed by atoms with Crippen LogP contribution in [0.3, 0.4) is 0 Å². The molecule has 2 heterocycles. The molecule has 9 nitrogen and oxygen atoms in total. The number of carbonyl (C=O) groups is 3. The molecule has 164 valence electrons. The first-order chi connectivity index (χ1) is 14.4. The van der Waals surface area contributed by atoms with Crippen LogP contribution >= 0.6 is 0 Å². The van der Waals surface area contributed by atoms with Crippen LogP contribution in [0.1, 0.15) is 49.9 Å². The van der Waals surface area contributed by atoms with Crippen molar-refractivity contribution in [1.82, 2.24) is 25.0 Å². The van der Waals surface area contributed by atoms with E-state index in [1.54, 1.807) is 24.5 Å². The predicted molar refractivity (Wildman–Crippen MR) is 108 cm³/mol. The van der Waals surface area contributed by atoms with Crippen molar-refractivity contribution in [2.45, 2.75) is 57.9 Å². The van der Waals surface area contributed by atoms with Gasteiger partial charge in [-0.05, 0) is 25.7 Å². The van der Waals surface area contributed by atoms with Crippen molar-refractivity contribution in [2.24, 2.45) is 11.8 Å². The number of hydroxylamine groups is 2. The van der Waals surface area contributed by atoms with Crippen molar-refractivity contribution in [2.75, 3.05) is 20.1 Å². The minimum atomic E-state index is -0.570. The van der Waals surface area contributed by atoms with Crippen LogP contribution in [0, 0.1) is 18.8 Å². The first-order valence-electron chi connectivity index (χ1n) is 10.6. The molecule has 1 aromatic heterocycles. The van der Waals surface area contributed by atoms with Gasteiger partial charge in [-0.3, -0.25) is 34.6 Å². The zero-order chi connectivity index (χ0) is 21.7. The van der Waals surface area contributed by atoms with Crippen molar-refractivity contribution < 1.29 is 19.6 Å². The lowest BCUT2D eigenvalue weighted by Gasteiger charge is -2.33. The molecule has 1 aliphatic carbocycles. The Bertz CT molecular complexity index is 768. The van der Waals surface area contributed by atoms with Gasteiger partial charge in [0, 0.05) is 26.0 Å². The van der Waals surface area contributed by atoms with Gasteiger partial charge in [0.2, 0.25) is 12.3 Å². The molecule has 1 saturated heterocycles. The van der Waals surface area contributed by atoms with Crippen LogP contribution < -0.4 is 0 Å². The van der Waals surface area contributed by atoms with Crippen molar-refractivity contribution in [3.8, 4) is 0 Å². The molecule has 0 spiro atoms. The molecule has 30 heavy (non-hydrogen) atoms. The number of amides is 2. The lowest BCUT2D eigenvalue weighted by molar-refractivity contribution is -0.164. The van der Waals surface area contributed by atoms with Crippen LogP contribution in [0.5, 0.6) is 0 Å². The number of Topliss-reactive ketones (excluding diaryl/α,β-unsaturated/α-hetero) is 1. The maximum absolute atomic E-state index is 13.5. The number of nitrogens with zero attached hydrogens (tertiary/aromatic N) is 5. The van der Waals surface area contributed by atoms with Crippen LogP contribution in [0.15, 0.2) is 12.4 Å².